The van der Waals surface area contributed by atoms with Gasteiger partial charge in [0, 0.05) is 25.6 Å². The monoisotopic (exact) mass is 735 g/mol. The van der Waals surface area contributed by atoms with Crippen LogP contribution in [0.4, 0.5) is 8.78 Å². The van der Waals surface area contributed by atoms with Gasteiger partial charge in [0.05, 0.1) is 43.5 Å². The van der Waals surface area contributed by atoms with Gasteiger partial charge in [-0.05, 0) is 6.42 Å². The Morgan fingerprint density at radius 3 is 1.98 bits per heavy atom. The Hall–Kier alpha value is -1.43. The van der Waals surface area contributed by atoms with E-state index in [4.69, 9.17) is 62.8 Å². The average Bonchev–Trinajstić information content (AvgIpc) is 3.39. The Morgan fingerprint density at radius 1 is 0.780 bits per heavy atom. The van der Waals surface area contributed by atoms with Crippen LogP contribution in [0.2, 0.25) is 0 Å². The van der Waals surface area contributed by atoms with Crippen molar-refractivity contribution in [2.45, 2.75) is 135 Å². The predicted octanol–water partition coefficient (Wildman–Crippen LogP) is -8.75. The van der Waals surface area contributed by atoms with Gasteiger partial charge in [0.1, 0.15) is 54.9 Å². The number of amides is 1. The molecule has 19 atom stereocenters. The third-order valence-electron chi connectivity index (χ3n) is 9.45. The van der Waals surface area contributed by atoms with Crippen LogP contribution in [-0.4, -0.2) is 190 Å². The van der Waals surface area contributed by atoms with Crippen LogP contribution in [0, 0.1) is 0 Å². The van der Waals surface area contributed by atoms with Gasteiger partial charge in [-0.25, -0.2) is 8.78 Å². The van der Waals surface area contributed by atoms with Crippen LogP contribution in [-0.2, 0) is 33.2 Å². The van der Waals surface area contributed by atoms with Gasteiger partial charge in [-0.3, -0.25) is 4.79 Å². The second-order valence-electron chi connectivity index (χ2n) is 13.0. The number of aliphatic hydroxyl groups is 7. The predicted molar refractivity (Wildman–Crippen MR) is 161 cm³/mol. The highest BCUT2D eigenvalue weighted by molar-refractivity contribution is 5.82. The highest BCUT2D eigenvalue weighted by Gasteiger charge is 2.55. The third kappa shape index (κ3) is 8.68. The zero-order chi connectivity index (χ0) is 37.2. The number of aliphatic hydroxyl groups excluding tert-OH is 7. The van der Waals surface area contributed by atoms with Crippen LogP contribution in [0.1, 0.15) is 12.8 Å². The molecule has 1 unspecified atom stereocenters. The molecule has 0 aromatic carbocycles. The standard InChI is InChI=1S/C27H51F2N7O14/c28-27(29,6-32)22(43)23(44)36-9-2-8(33)19(48-24-13(34)10(38)1-7(3-30)45-24)21(15(9)39)50-26-18(42)20(12(5-37)47-26)49-25-14(35)17(41)16(40)11(4-31)46-25/h7-22,24-26,37-43H,1-6,30-35H2,(H,36,44)/t7-,8-,9+,10+,11-,12?,13+,14+,15-,16+,17+,18+,19+,20+,21+,22+,24+,25+,26-/m0/s1. The summed E-state index contributed by atoms with van der Waals surface area (Å²) < 4.78 is 62.8. The summed E-state index contributed by atoms with van der Waals surface area (Å²) in [5, 5.41) is 75.8. The number of alkyl halides is 2. The number of ether oxygens (including phenoxy) is 6. The lowest BCUT2D eigenvalue weighted by molar-refractivity contribution is -0.295. The summed E-state index contributed by atoms with van der Waals surface area (Å²) in [5.74, 6) is -5.60. The van der Waals surface area contributed by atoms with E-state index in [9.17, 15) is 49.3 Å². The molecule has 0 radical (unpaired) electrons. The van der Waals surface area contributed by atoms with Gasteiger partial charge in [0.2, 0.25) is 0 Å². The lowest BCUT2D eigenvalue weighted by Crippen LogP contribution is -2.68. The van der Waals surface area contributed by atoms with E-state index < -0.39 is 141 Å². The molecule has 0 bridgehead atoms. The van der Waals surface area contributed by atoms with Crippen molar-refractivity contribution < 1.29 is 77.7 Å². The van der Waals surface area contributed by atoms with Gasteiger partial charge in [0.25, 0.3) is 11.8 Å². The Bertz CT molecular complexity index is 1110. The first-order valence-corrected chi connectivity index (χ1v) is 16.2. The first-order valence-electron chi connectivity index (χ1n) is 16.2. The van der Waals surface area contributed by atoms with Crippen LogP contribution in [0.3, 0.4) is 0 Å². The molecule has 4 aliphatic rings. The van der Waals surface area contributed by atoms with E-state index >= 15 is 0 Å². The first kappa shape index (κ1) is 41.3. The van der Waals surface area contributed by atoms with E-state index in [2.05, 4.69) is 5.32 Å². The lowest BCUT2D eigenvalue weighted by atomic mass is 9.83. The number of carbonyl (C=O) groups is 1. The molecule has 3 aliphatic heterocycles. The second-order valence-corrected chi connectivity index (χ2v) is 13.0. The summed E-state index contributed by atoms with van der Waals surface area (Å²) >= 11 is 0. The Morgan fingerprint density at radius 2 is 1.38 bits per heavy atom. The highest BCUT2D eigenvalue weighted by atomic mass is 19.3. The summed E-state index contributed by atoms with van der Waals surface area (Å²) in [4.78, 5) is 12.6. The molecule has 292 valence electrons. The Kier molecular flexibility index (Phi) is 14.2. The summed E-state index contributed by atoms with van der Waals surface area (Å²) in [5.41, 5.74) is 34.8. The normalized spacial score (nSPS) is 46.5. The number of nitrogens with one attached hydrogen (secondary N) is 1. The van der Waals surface area contributed by atoms with Crippen molar-refractivity contribution >= 4 is 5.91 Å². The van der Waals surface area contributed by atoms with Crippen LogP contribution < -0.4 is 39.7 Å². The molecule has 3 heterocycles. The Balaban J connectivity index is 1.58. The Labute approximate surface area is 285 Å². The average molecular weight is 736 g/mol. The number of rotatable bonds is 13. The molecule has 0 aromatic rings. The molecule has 20 N–H and O–H groups in total. The fourth-order valence-electron chi connectivity index (χ4n) is 6.36. The minimum absolute atomic E-state index is 0.0186. The molecule has 0 aromatic heterocycles. The van der Waals surface area contributed by atoms with Crippen molar-refractivity contribution in [2.75, 3.05) is 26.2 Å². The number of carbonyl (C=O) groups excluding carboxylic acids is 1. The maximum atomic E-state index is 14.0. The van der Waals surface area contributed by atoms with Crippen molar-refractivity contribution in [1.29, 1.82) is 0 Å². The zero-order valence-corrected chi connectivity index (χ0v) is 26.9. The van der Waals surface area contributed by atoms with Crippen LogP contribution in [0.25, 0.3) is 0 Å². The maximum absolute atomic E-state index is 14.0. The number of nitrogens with two attached hydrogens (primary N) is 6. The molecule has 3 saturated heterocycles. The second kappa shape index (κ2) is 17.1. The van der Waals surface area contributed by atoms with Gasteiger partial charge in [-0.15, -0.1) is 0 Å². The minimum atomic E-state index is -4.01. The summed E-state index contributed by atoms with van der Waals surface area (Å²) in [7, 11) is 0. The summed E-state index contributed by atoms with van der Waals surface area (Å²) in [6.07, 6.45) is -23.2. The fourth-order valence-corrected chi connectivity index (χ4v) is 6.36. The van der Waals surface area contributed by atoms with Crippen molar-refractivity contribution in [1.82, 2.24) is 5.32 Å². The van der Waals surface area contributed by atoms with Gasteiger partial charge in [-0.1, -0.05) is 0 Å². The molecule has 1 aliphatic carbocycles. The van der Waals surface area contributed by atoms with E-state index in [1.165, 1.54) is 0 Å². The molecule has 4 fully saturated rings. The van der Waals surface area contributed by atoms with E-state index in [1.54, 1.807) is 0 Å². The number of hydrogen-bond acceptors (Lipinski definition) is 20. The van der Waals surface area contributed by atoms with Gasteiger partial charge in [-0.2, -0.15) is 0 Å². The zero-order valence-electron chi connectivity index (χ0n) is 26.9. The van der Waals surface area contributed by atoms with Crippen molar-refractivity contribution in [3.8, 4) is 0 Å². The minimum Gasteiger partial charge on any atom is -0.394 e. The van der Waals surface area contributed by atoms with Crippen LogP contribution in [0.5, 0.6) is 0 Å². The van der Waals surface area contributed by atoms with Crippen molar-refractivity contribution in [2.24, 2.45) is 34.4 Å². The molecule has 23 heteroatoms. The van der Waals surface area contributed by atoms with E-state index in [0.29, 0.717) is 0 Å². The van der Waals surface area contributed by atoms with Crippen LogP contribution >= 0.6 is 0 Å². The van der Waals surface area contributed by atoms with Gasteiger partial charge < -0.3 is 104 Å². The first-order chi connectivity index (χ1) is 23.5. The maximum Gasteiger partial charge on any atom is 0.294 e. The number of hydrogen-bond donors (Lipinski definition) is 14. The van der Waals surface area contributed by atoms with E-state index in [-0.39, 0.29) is 25.9 Å². The van der Waals surface area contributed by atoms with Crippen molar-refractivity contribution in [3.05, 3.63) is 0 Å². The summed E-state index contributed by atoms with van der Waals surface area (Å²) in [6.45, 7) is -2.38. The largest absolute Gasteiger partial charge is 0.394 e. The summed E-state index contributed by atoms with van der Waals surface area (Å²) in [6, 6.07) is -5.12. The SMILES string of the molecule is NC[C@@H]1C[C@@H](O)[C@@H](N)[C@@H](O[C@H]2[C@H](O[C@@H]3OC(CO)[C@@H](O[C@H]4O[C@@H](CN)[C@@H](O)[C@H](O)[C@H]4N)[C@H]3O)[C@@H](O)[C@H](NC(=O)[C@@H](O)C(F)(F)CN)C[C@@H]2N)O1. The molecule has 50 heavy (non-hydrogen) atoms. The van der Waals surface area contributed by atoms with Crippen molar-refractivity contribution in [3.63, 3.8) is 0 Å². The van der Waals surface area contributed by atoms with E-state index in [1.807, 2.05) is 0 Å². The lowest BCUT2D eigenvalue weighted by Gasteiger charge is -2.47. The van der Waals surface area contributed by atoms with Gasteiger partial charge in [0.15, 0.2) is 25.0 Å². The molecular formula is C27H51F2N7O14. The third-order valence-corrected chi connectivity index (χ3v) is 9.45. The van der Waals surface area contributed by atoms with Crippen LogP contribution in [0.15, 0.2) is 0 Å². The fraction of sp³-hybridized carbons (Fsp3) is 0.963. The number of halogens is 2. The molecular weight excluding hydrogens is 684 g/mol. The molecule has 0 spiro atoms. The molecule has 21 nitrogen and oxygen atoms in total. The van der Waals surface area contributed by atoms with Gasteiger partial charge >= 0.3 is 0 Å². The molecule has 1 saturated carbocycles. The quantitative estimate of drug-likeness (QED) is 0.0834. The van der Waals surface area contributed by atoms with E-state index in [0.717, 1.165) is 0 Å². The topological polar surface area (TPSA) is 382 Å². The highest BCUT2D eigenvalue weighted by Crippen LogP contribution is 2.35. The smallest absolute Gasteiger partial charge is 0.294 e. The molecule has 4 rings (SSSR count). The molecule has 1 amide bonds.